The number of nitrogens with one attached hydrogen (secondary N) is 1. The first kappa shape index (κ1) is 25.6. The fourth-order valence-electron chi connectivity index (χ4n) is 5.48. The van der Waals surface area contributed by atoms with Crippen molar-refractivity contribution in [3.8, 4) is 17.2 Å². The normalized spacial score (nSPS) is 15.7. The van der Waals surface area contributed by atoms with Crippen LogP contribution in [0.3, 0.4) is 0 Å². The lowest BCUT2D eigenvalue weighted by Gasteiger charge is -2.29. The minimum Gasteiger partial charge on any atom is -0.451 e. The van der Waals surface area contributed by atoms with Crippen LogP contribution in [0.1, 0.15) is 29.6 Å². The molecule has 2 aliphatic heterocycles. The van der Waals surface area contributed by atoms with Crippen molar-refractivity contribution in [3.63, 3.8) is 0 Å². The van der Waals surface area contributed by atoms with Gasteiger partial charge in [0.25, 0.3) is 5.91 Å². The SMILES string of the molecule is NC(N)=NCCCCNC(=O)c1cn2c3c(c(N4CC[C@@H](N)C4)c(F)cc3c1=O)Oc1cc3ccccc3cc1-2. The smallest absolute Gasteiger partial charge is 0.256 e. The van der Waals surface area contributed by atoms with E-state index in [0.717, 1.165) is 17.2 Å². The molecule has 3 aromatic carbocycles. The number of fused-ring (bicyclic) bond motifs is 3. The maximum Gasteiger partial charge on any atom is 0.256 e. The van der Waals surface area contributed by atoms with Gasteiger partial charge in [-0.3, -0.25) is 14.6 Å². The van der Waals surface area contributed by atoms with Crippen molar-refractivity contribution >= 4 is 39.2 Å². The second-order valence-electron chi connectivity index (χ2n) is 10.2. The Morgan fingerprint density at radius 1 is 1.15 bits per heavy atom. The molecule has 1 amide bonds. The molecule has 11 heteroatoms. The summed E-state index contributed by atoms with van der Waals surface area (Å²) in [6.07, 6.45) is 3.52. The van der Waals surface area contributed by atoms with E-state index >= 15 is 4.39 Å². The number of halogens is 1. The summed E-state index contributed by atoms with van der Waals surface area (Å²) in [6, 6.07) is 12.8. The molecule has 1 fully saturated rings. The second-order valence-corrected chi connectivity index (χ2v) is 10.2. The number of anilines is 1. The van der Waals surface area contributed by atoms with Crippen LogP contribution in [0.5, 0.6) is 11.5 Å². The summed E-state index contributed by atoms with van der Waals surface area (Å²) >= 11 is 0. The number of amides is 1. The third kappa shape index (κ3) is 4.47. The summed E-state index contributed by atoms with van der Waals surface area (Å²) in [5.41, 5.74) is 17.5. The lowest BCUT2D eigenvalue weighted by Crippen LogP contribution is -2.31. The lowest BCUT2D eigenvalue weighted by atomic mass is 10.0. The van der Waals surface area contributed by atoms with Gasteiger partial charge in [0, 0.05) is 38.4 Å². The topological polar surface area (TPSA) is 154 Å². The highest BCUT2D eigenvalue weighted by Gasteiger charge is 2.32. The predicted molar refractivity (Wildman–Crippen MR) is 154 cm³/mol. The van der Waals surface area contributed by atoms with Gasteiger partial charge in [-0.25, -0.2) is 4.39 Å². The number of rotatable bonds is 7. The Bertz CT molecular complexity index is 1750. The number of aromatic nitrogens is 1. The van der Waals surface area contributed by atoms with Gasteiger partial charge in [-0.15, -0.1) is 0 Å². The Kier molecular flexibility index (Phi) is 6.51. The van der Waals surface area contributed by atoms with Crippen molar-refractivity contribution in [1.82, 2.24) is 9.88 Å². The number of hydrogen-bond donors (Lipinski definition) is 4. The van der Waals surface area contributed by atoms with Gasteiger partial charge in [0.2, 0.25) is 5.43 Å². The quantitative estimate of drug-likeness (QED) is 0.140. The number of aliphatic imine (C=N–C) groups is 1. The molecule has 0 saturated carbocycles. The summed E-state index contributed by atoms with van der Waals surface area (Å²) in [4.78, 5) is 32.6. The largest absolute Gasteiger partial charge is 0.451 e. The Hall–Kier alpha value is -4.64. The van der Waals surface area contributed by atoms with Crippen molar-refractivity contribution in [2.45, 2.75) is 25.3 Å². The van der Waals surface area contributed by atoms with E-state index in [1.165, 1.54) is 12.3 Å². The molecule has 2 aliphatic rings. The summed E-state index contributed by atoms with van der Waals surface area (Å²) in [5.74, 6) is -0.375. The van der Waals surface area contributed by atoms with E-state index in [9.17, 15) is 9.59 Å². The zero-order valence-corrected chi connectivity index (χ0v) is 21.8. The van der Waals surface area contributed by atoms with Crippen LogP contribution in [0.25, 0.3) is 27.4 Å². The molecule has 4 aromatic rings. The van der Waals surface area contributed by atoms with E-state index in [4.69, 9.17) is 21.9 Å². The zero-order valence-electron chi connectivity index (χ0n) is 21.8. The highest BCUT2D eigenvalue weighted by Crippen LogP contribution is 2.48. The minimum absolute atomic E-state index is 0.0153. The Morgan fingerprint density at radius 3 is 2.65 bits per heavy atom. The third-order valence-corrected chi connectivity index (χ3v) is 7.42. The predicted octanol–water partition coefficient (Wildman–Crippen LogP) is 2.71. The van der Waals surface area contributed by atoms with Crippen molar-refractivity contribution in [2.75, 3.05) is 31.1 Å². The monoisotopic (exact) mass is 543 g/mol. The van der Waals surface area contributed by atoms with E-state index in [-0.39, 0.29) is 34.4 Å². The average Bonchev–Trinajstić information content (AvgIpc) is 3.36. The number of unbranched alkanes of at least 4 members (excludes halogenated alkanes) is 1. The minimum atomic E-state index is -0.596. The summed E-state index contributed by atoms with van der Waals surface area (Å²) in [5, 5.41) is 4.77. The maximum absolute atomic E-state index is 15.8. The maximum atomic E-state index is 15.8. The first-order chi connectivity index (χ1) is 19.3. The number of guanidine groups is 1. The van der Waals surface area contributed by atoms with Gasteiger partial charge in [0.1, 0.15) is 16.8 Å². The van der Waals surface area contributed by atoms with Gasteiger partial charge >= 0.3 is 0 Å². The fraction of sp³-hybridized carbons (Fsp3) is 0.276. The van der Waals surface area contributed by atoms with Crippen LogP contribution in [0, 0.1) is 5.82 Å². The number of benzene rings is 3. The molecule has 206 valence electrons. The number of carbonyl (C=O) groups is 1. The molecule has 0 unspecified atom stereocenters. The lowest BCUT2D eigenvalue weighted by molar-refractivity contribution is 0.0951. The van der Waals surface area contributed by atoms with Crippen LogP contribution in [-0.4, -0.2) is 48.7 Å². The molecule has 1 aromatic heterocycles. The van der Waals surface area contributed by atoms with Crippen molar-refractivity contribution < 1.29 is 13.9 Å². The Balaban J connectivity index is 1.47. The van der Waals surface area contributed by atoms with E-state index in [1.54, 1.807) is 4.57 Å². The highest BCUT2D eigenvalue weighted by atomic mass is 19.1. The van der Waals surface area contributed by atoms with Gasteiger partial charge in [0.05, 0.1) is 11.1 Å². The molecular weight excluding hydrogens is 513 g/mol. The van der Waals surface area contributed by atoms with Crippen molar-refractivity contribution in [1.29, 1.82) is 0 Å². The molecule has 10 nitrogen and oxygen atoms in total. The van der Waals surface area contributed by atoms with E-state index in [1.807, 2.05) is 41.3 Å². The molecule has 0 spiro atoms. The number of nitrogens with two attached hydrogens (primary N) is 3. The standard InChI is InChI=1S/C29H30FN7O3/c30-21-13-19-24-27(25(21)36-10-7-18(31)14-36)40-23-12-17-6-2-1-5-16(17)11-22(23)37(24)15-20(26(19)38)28(39)34-8-3-4-9-35-29(32)33/h1-2,5-6,11-13,15,18H,3-4,7-10,14,31H2,(H,34,39)(H4,32,33,35)/t18-/m1/s1. The van der Waals surface area contributed by atoms with Crippen LogP contribution in [0.15, 0.2) is 58.4 Å². The van der Waals surface area contributed by atoms with E-state index < -0.39 is 17.2 Å². The molecule has 1 atom stereocenters. The molecule has 3 heterocycles. The summed E-state index contributed by atoms with van der Waals surface area (Å²) in [7, 11) is 0. The number of nitrogens with zero attached hydrogens (tertiary/aromatic N) is 3. The molecule has 7 N–H and O–H groups in total. The molecular formula is C29H30FN7O3. The number of carbonyl (C=O) groups excluding carboxylic acids is 1. The van der Waals surface area contributed by atoms with E-state index in [0.29, 0.717) is 56.0 Å². The van der Waals surface area contributed by atoms with Crippen LogP contribution < -0.4 is 37.6 Å². The van der Waals surface area contributed by atoms with Crippen molar-refractivity contribution in [3.05, 3.63) is 70.3 Å². The van der Waals surface area contributed by atoms with Gasteiger partial charge in [-0.05, 0) is 48.2 Å². The molecule has 1 saturated heterocycles. The van der Waals surface area contributed by atoms with Crippen molar-refractivity contribution in [2.24, 2.45) is 22.2 Å². The average molecular weight is 544 g/mol. The number of pyridine rings is 1. The molecule has 0 bridgehead atoms. The molecule has 0 radical (unpaired) electrons. The third-order valence-electron chi connectivity index (χ3n) is 7.42. The fourth-order valence-corrected chi connectivity index (χ4v) is 5.48. The van der Waals surface area contributed by atoms with Gasteiger partial charge in [-0.2, -0.15) is 0 Å². The zero-order chi connectivity index (χ0) is 28.0. The van der Waals surface area contributed by atoms with Gasteiger partial charge in [0.15, 0.2) is 23.3 Å². The molecule has 40 heavy (non-hydrogen) atoms. The number of ether oxygens (including phenoxy) is 1. The van der Waals surface area contributed by atoms with Crippen LogP contribution >= 0.6 is 0 Å². The van der Waals surface area contributed by atoms with Gasteiger partial charge in [-0.1, -0.05) is 24.3 Å². The molecule has 0 aliphatic carbocycles. The Labute approximate surface area is 229 Å². The summed E-state index contributed by atoms with van der Waals surface area (Å²) in [6.45, 7) is 1.81. The molecule has 6 rings (SSSR count). The highest BCUT2D eigenvalue weighted by molar-refractivity contribution is 6.02. The Morgan fingerprint density at radius 2 is 1.93 bits per heavy atom. The van der Waals surface area contributed by atoms with Crippen LogP contribution in [0.4, 0.5) is 10.1 Å². The van der Waals surface area contributed by atoms with Gasteiger partial charge < -0.3 is 36.7 Å². The van der Waals surface area contributed by atoms with Crippen LogP contribution in [0.2, 0.25) is 0 Å². The first-order valence-electron chi connectivity index (χ1n) is 13.3. The van der Waals surface area contributed by atoms with Crippen LogP contribution in [-0.2, 0) is 0 Å². The summed E-state index contributed by atoms with van der Waals surface area (Å²) < 4.78 is 23.9. The van der Waals surface area contributed by atoms with E-state index in [2.05, 4.69) is 10.3 Å². The second kappa shape index (κ2) is 10.2. The number of hydrogen-bond acceptors (Lipinski definition) is 6. The first-order valence-corrected chi connectivity index (χ1v) is 13.3.